The van der Waals surface area contributed by atoms with Crippen LogP contribution < -0.4 is 4.74 Å². The van der Waals surface area contributed by atoms with Gasteiger partial charge in [0.15, 0.2) is 5.03 Å². The molecule has 138 valence electrons. The van der Waals surface area contributed by atoms with Crippen LogP contribution in [0.4, 0.5) is 4.39 Å². The highest BCUT2D eigenvalue weighted by Crippen LogP contribution is 2.34. The van der Waals surface area contributed by atoms with Crippen molar-refractivity contribution in [2.75, 3.05) is 12.5 Å². The molecule has 0 atom stereocenters. The van der Waals surface area contributed by atoms with Gasteiger partial charge < -0.3 is 4.74 Å². The zero-order valence-electron chi connectivity index (χ0n) is 13.9. The van der Waals surface area contributed by atoms with Crippen LogP contribution in [-0.4, -0.2) is 31.1 Å². The third-order valence-corrected chi connectivity index (χ3v) is 6.10. The number of fused-ring (bicyclic) bond motifs is 2. The molecular formula is C19H14ClFN2O3S. The van der Waals surface area contributed by atoms with Crippen LogP contribution in [-0.2, 0) is 9.84 Å². The Labute approximate surface area is 159 Å². The first-order chi connectivity index (χ1) is 13.0. The van der Waals surface area contributed by atoms with Crippen LogP contribution in [0.25, 0.3) is 21.7 Å². The standard InChI is InChI=1S/C19H14ClFN2O3S/c20-8-9-26-16-11-13(21)10-15-18(16)22-23-19(15)27(24,25)17-7-3-5-12-4-1-2-6-14(12)17/h1-7,10-11H,8-9H2,(H,22,23). The maximum Gasteiger partial charge on any atom is 0.226 e. The minimum Gasteiger partial charge on any atom is -0.490 e. The van der Waals surface area contributed by atoms with Crippen molar-refractivity contribution in [1.82, 2.24) is 10.2 Å². The Morgan fingerprint density at radius 2 is 1.85 bits per heavy atom. The van der Waals surface area contributed by atoms with E-state index in [-0.39, 0.29) is 33.5 Å². The van der Waals surface area contributed by atoms with Gasteiger partial charge in [-0.1, -0.05) is 36.4 Å². The van der Waals surface area contributed by atoms with E-state index in [1.54, 1.807) is 18.2 Å². The highest BCUT2D eigenvalue weighted by Gasteiger charge is 2.27. The molecule has 3 aromatic carbocycles. The van der Waals surface area contributed by atoms with Crippen molar-refractivity contribution in [3.63, 3.8) is 0 Å². The molecule has 1 heterocycles. The van der Waals surface area contributed by atoms with Crippen LogP contribution >= 0.6 is 11.6 Å². The summed E-state index contributed by atoms with van der Waals surface area (Å²) in [5.41, 5.74) is 0.306. The third kappa shape index (κ3) is 3.02. The number of ether oxygens (including phenoxy) is 1. The van der Waals surface area contributed by atoms with E-state index in [9.17, 15) is 12.8 Å². The Bertz CT molecular complexity index is 1250. The van der Waals surface area contributed by atoms with E-state index in [0.717, 1.165) is 11.5 Å². The molecule has 0 spiro atoms. The first-order valence-corrected chi connectivity index (χ1v) is 10.1. The van der Waals surface area contributed by atoms with Crippen LogP contribution in [0.3, 0.4) is 0 Å². The number of hydrogen-bond donors (Lipinski definition) is 1. The first-order valence-electron chi connectivity index (χ1n) is 8.11. The van der Waals surface area contributed by atoms with Gasteiger partial charge in [-0.15, -0.1) is 11.6 Å². The number of sulfone groups is 1. The van der Waals surface area contributed by atoms with Gasteiger partial charge in [0.25, 0.3) is 0 Å². The molecule has 0 unspecified atom stereocenters. The van der Waals surface area contributed by atoms with Crippen molar-refractivity contribution >= 4 is 43.1 Å². The molecule has 4 rings (SSSR count). The topological polar surface area (TPSA) is 72.0 Å². The van der Waals surface area contributed by atoms with Crippen molar-refractivity contribution < 1.29 is 17.5 Å². The monoisotopic (exact) mass is 404 g/mol. The summed E-state index contributed by atoms with van der Waals surface area (Å²) in [7, 11) is -3.99. The Morgan fingerprint density at radius 3 is 2.67 bits per heavy atom. The maximum absolute atomic E-state index is 14.1. The second-order valence-corrected chi connectivity index (χ2v) is 8.08. The van der Waals surface area contributed by atoms with Gasteiger partial charge in [-0.2, -0.15) is 5.10 Å². The molecular weight excluding hydrogens is 391 g/mol. The summed E-state index contributed by atoms with van der Waals surface area (Å²) in [6.07, 6.45) is 0. The van der Waals surface area contributed by atoms with Crippen molar-refractivity contribution in [1.29, 1.82) is 0 Å². The minimum atomic E-state index is -3.99. The zero-order valence-corrected chi connectivity index (χ0v) is 15.5. The van der Waals surface area contributed by atoms with Crippen molar-refractivity contribution in [3.8, 4) is 5.75 Å². The summed E-state index contributed by atoms with van der Waals surface area (Å²) in [4.78, 5) is 0.112. The van der Waals surface area contributed by atoms with Crippen LogP contribution in [0.15, 0.2) is 64.5 Å². The van der Waals surface area contributed by atoms with Gasteiger partial charge in [-0.3, -0.25) is 5.10 Å². The Kier molecular flexibility index (Phi) is 4.49. The number of alkyl halides is 1. The number of rotatable bonds is 5. The molecule has 0 amide bonds. The molecule has 1 N–H and O–H groups in total. The van der Waals surface area contributed by atoms with Crippen LogP contribution in [0, 0.1) is 5.82 Å². The average Bonchev–Trinajstić information content (AvgIpc) is 3.10. The van der Waals surface area contributed by atoms with E-state index in [4.69, 9.17) is 16.3 Å². The largest absolute Gasteiger partial charge is 0.490 e. The highest BCUT2D eigenvalue weighted by molar-refractivity contribution is 7.91. The van der Waals surface area contributed by atoms with Gasteiger partial charge in [0.2, 0.25) is 9.84 Å². The fourth-order valence-corrected chi connectivity index (χ4v) is 4.67. The molecule has 0 radical (unpaired) electrons. The average molecular weight is 405 g/mol. The lowest BCUT2D eigenvalue weighted by atomic mass is 10.1. The lowest BCUT2D eigenvalue weighted by Crippen LogP contribution is -2.04. The first kappa shape index (κ1) is 17.8. The van der Waals surface area contributed by atoms with Gasteiger partial charge >= 0.3 is 0 Å². The van der Waals surface area contributed by atoms with Gasteiger partial charge in [0.05, 0.1) is 10.8 Å². The van der Waals surface area contributed by atoms with Gasteiger partial charge in [-0.25, -0.2) is 12.8 Å². The smallest absolute Gasteiger partial charge is 0.226 e. The molecule has 0 saturated carbocycles. The summed E-state index contributed by atoms with van der Waals surface area (Å²) < 4.78 is 46.1. The van der Waals surface area contributed by atoms with Crippen molar-refractivity contribution in [3.05, 3.63) is 60.4 Å². The lowest BCUT2D eigenvalue weighted by molar-refractivity contribution is 0.344. The summed E-state index contributed by atoms with van der Waals surface area (Å²) in [5.74, 6) is -0.242. The Morgan fingerprint density at radius 1 is 1.07 bits per heavy atom. The second-order valence-electron chi connectivity index (χ2n) is 5.87. The molecule has 0 aliphatic carbocycles. The zero-order chi connectivity index (χ0) is 19.0. The predicted molar refractivity (Wildman–Crippen MR) is 102 cm³/mol. The van der Waals surface area contributed by atoms with E-state index in [2.05, 4.69) is 10.2 Å². The van der Waals surface area contributed by atoms with Crippen molar-refractivity contribution in [2.45, 2.75) is 9.92 Å². The molecule has 0 fully saturated rings. The fraction of sp³-hybridized carbons (Fsp3) is 0.105. The SMILES string of the molecule is O=S(=O)(c1cccc2ccccc12)c1n[nH]c2c(OCCCl)cc(F)cc12. The summed E-state index contributed by atoms with van der Waals surface area (Å²) in [6.45, 7) is 0.157. The van der Waals surface area contributed by atoms with Crippen LogP contribution in [0.2, 0.25) is 0 Å². The number of aromatic nitrogens is 2. The number of halogens is 2. The number of hydrogen-bond acceptors (Lipinski definition) is 4. The van der Waals surface area contributed by atoms with Gasteiger partial charge in [0, 0.05) is 16.8 Å². The molecule has 5 nitrogen and oxygen atoms in total. The molecule has 8 heteroatoms. The highest BCUT2D eigenvalue weighted by atomic mass is 35.5. The molecule has 0 aliphatic heterocycles. The maximum atomic E-state index is 14.1. The van der Waals surface area contributed by atoms with Crippen LogP contribution in [0.5, 0.6) is 5.75 Å². The number of aromatic amines is 1. The fourth-order valence-electron chi connectivity index (χ4n) is 3.03. The summed E-state index contributed by atoms with van der Waals surface area (Å²) in [5, 5.41) is 7.87. The molecule has 1 aromatic heterocycles. The Hall–Kier alpha value is -2.64. The van der Waals surface area contributed by atoms with E-state index in [1.807, 2.05) is 18.2 Å². The van der Waals surface area contributed by atoms with E-state index < -0.39 is 15.7 Å². The molecule has 0 saturated heterocycles. The normalized spacial score (nSPS) is 11.9. The number of nitrogens with one attached hydrogen (secondary N) is 1. The van der Waals surface area contributed by atoms with Crippen molar-refractivity contribution in [2.24, 2.45) is 0 Å². The molecule has 0 aliphatic rings. The summed E-state index contributed by atoms with van der Waals surface area (Å²) in [6, 6.07) is 14.5. The second kappa shape index (κ2) is 6.83. The number of H-pyrrole nitrogens is 1. The minimum absolute atomic E-state index is 0.112. The Balaban J connectivity index is 1.95. The van der Waals surface area contributed by atoms with Gasteiger partial charge in [-0.05, 0) is 17.5 Å². The summed E-state index contributed by atoms with van der Waals surface area (Å²) >= 11 is 5.62. The molecule has 4 aromatic rings. The van der Waals surface area contributed by atoms with E-state index >= 15 is 0 Å². The van der Waals surface area contributed by atoms with Crippen LogP contribution in [0.1, 0.15) is 0 Å². The molecule has 0 bridgehead atoms. The predicted octanol–water partition coefficient (Wildman–Crippen LogP) is 4.31. The van der Waals surface area contributed by atoms with E-state index in [1.165, 1.54) is 12.1 Å². The number of nitrogens with zero attached hydrogens (tertiary/aromatic N) is 1. The number of benzene rings is 3. The van der Waals surface area contributed by atoms with Gasteiger partial charge in [0.1, 0.15) is 23.7 Å². The lowest BCUT2D eigenvalue weighted by Gasteiger charge is -2.08. The quantitative estimate of drug-likeness (QED) is 0.503. The third-order valence-electron chi connectivity index (χ3n) is 4.20. The molecule has 27 heavy (non-hydrogen) atoms. The van der Waals surface area contributed by atoms with E-state index in [0.29, 0.717) is 10.9 Å².